The van der Waals surface area contributed by atoms with Gasteiger partial charge in [0.1, 0.15) is 10.7 Å². The maximum atomic E-state index is 13.4. The number of morpholine rings is 1. The molecule has 2 aromatic heterocycles. The molecule has 142 valence electrons. The van der Waals surface area contributed by atoms with Crippen LogP contribution in [0.2, 0.25) is 0 Å². The number of carbonyl (C=O) groups is 1. The molecule has 1 fully saturated rings. The van der Waals surface area contributed by atoms with Gasteiger partial charge in [0.05, 0.1) is 25.5 Å². The van der Waals surface area contributed by atoms with Gasteiger partial charge in [0.2, 0.25) is 0 Å². The number of H-pyrrole nitrogens is 1. The molecule has 3 aromatic rings. The van der Waals surface area contributed by atoms with Gasteiger partial charge in [-0.15, -0.1) is 0 Å². The van der Waals surface area contributed by atoms with Crippen LogP contribution in [0.1, 0.15) is 21.1 Å². The highest BCUT2D eigenvalue weighted by molar-refractivity contribution is 7.17. The lowest BCUT2D eigenvalue weighted by Crippen LogP contribution is -2.36. The van der Waals surface area contributed by atoms with Gasteiger partial charge in [0.15, 0.2) is 5.13 Å². The molecule has 6 nitrogen and oxygen atoms in total. The molecular weight excluding hydrogens is 367 g/mol. The molecule has 1 amide bonds. The Bertz CT molecular complexity index is 977. The van der Waals surface area contributed by atoms with E-state index in [1.807, 2.05) is 13.0 Å². The Hall–Kier alpha value is -2.45. The lowest BCUT2D eigenvalue weighted by atomic mass is 10.2. The van der Waals surface area contributed by atoms with Gasteiger partial charge in [-0.25, -0.2) is 9.37 Å². The summed E-state index contributed by atoms with van der Waals surface area (Å²) in [6.45, 7) is 5.24. The summed E-state index contributed by atoms with van der Waals surface area (Å²) in [5.41, 5.74) is 2.47. The fourth-order valence-electron chi connectivity index (χ4n) is 3.22. The van der Waals surface area contributed by atoms with Crippen LogP contribution in [-0.2, 0) is 11.3 Å². The largest absolute Gasteiger partial charge is 0.378 e. The van der Waals surface area contributed by atoms with Crippen LogP contribution < -0.4 is 4.90 Å². The predicted octanol–water partition coefficient (Wildman–Crippen LogP) is 3.18. The highest BCUT2D eigenvalue weighted by Gasteiger charge is 2.23. The van der Waals surface area contributed by atoms with Crippen molar-refractivity contribution in [1.82, 2.24) is 14.9 Å². The number of benzene rings is 1. The summed E-state index contributed by atoms with van der Waals surface area (Å²) in [5.74, 6) is -0.331. The molecule has 0 unspecified atom stereocenters. The SMILES string of the molecule is Cc1nc(N2CCOCC2)sc1C(=O)N(C)Cc1cc2cc(F)ccc2[nH]1. The zero-order valence-corrected chi connectivity index (χ0v) is 16.1. The first-order chi connectivity index (χ1) is 13.0. The number of aryl methyl sites for hydroxylation is 1. The Morgan fingerprint density at radius 3 is 2.93 bits per heavy atom. The van der Waals surface area contributed by atoms with Crippen molar-refractivity contribution in [2.24, 2.45) is 0 Å². The third-order valence-electron chi connectivity index (χ3n) is 4.65. The van der Waals surface area contributed by atoms with E-state index in [-0.39, 0.29) is 11.7 Å². The Morgan fingerprint density at radius 1 is 1.37 bits per heavy atom. The minimum absolute atomic E-state index is 0.0608. The van der Waals surface area contributed by atoms with Crippen LogP contribution >= 0.6 is 11.3 Å². The van der Waals surface area contributed by atoms with Crippen molar-refractivity contribution in [3.63, 3.8) is 0 Å². The Labute approximate surface area is 160 Å². The fraction of sp³-hybridized carbons (Fsp3) is 0.368. The second-order valence-corrected chi connectivity index (χ2v) is 7.68. The van der Waals surface area contributed by atoms with Crippen molar-refractivity contribution < 1.29 is 13.9 Å². The van der Waals surface area contributed by atoms with Gasteiger partial charge in [-0.3, -0.25) is 4.79 Å². The van der Waals surface area contributed by atoms with E-state index in [0.717, 1.165) is 40.5 Å². The molecule has 4 rings (SSSR count). The van der Waals surface area contributed by atoms with Crippen molar-refractivity contribution in [3.05, 3.63) is 46.3 Å². The summed E-state index contributed by atoms with van der Waals surface area (Å²) in [4.78, 5) is 25.2. The molecule has 1 aromatic carbocycles. The molecule has 0 radical (unpaired) electrons. The number of hydrogen-bond acceptors (Lipinski definition) is 5. The van der Waals surface area contributed by atoms with Crippen LogP contribution in [0.5, 0.6) is 0 Å². The highest BCUT2D eigenvalue weighted by atomic mass is 32.1. The summed E-state index contributed by atoms with van der Waals surface area (Å²) in [6.07, 6.45) is 0. The number of nitrogens with zero attached hydrogens (tertiary/aromatic N) is 3. The van der Waals surface area contributed by atoms with E-state index in [1.54, 1.807) is 18.0 Å². The summed E-state index contributed by atoms with van der Waals surface area (Å²) in [6, 6.07) is 6.49. The topological polar surface area (TPSA) is 61.5 Å². The molecular formula is C19H21FN4O2S. The predicted molar refractivity (Wildman–Crippen MR) is 104 cm³/mol. The second kappa shape index (κ2) is 7.28. The van der Waals surface area contributed by atoms with Crippen molar-refractivity contribution in [2.45, 2.75) is 13.5 Å². The molecule has 0 saturated carbocycles. The van der Waals surface area contributed by atoms with Gasteiger partial charge in [0, 0.05) is 36.7 Å². The molecule has 0 bridgehead atoms. The molecule has 1 aliphatic heterocycles. The van der Waals surface area contributed by atoms with E-state index in [0.29, 0.717) is 24.6 Å². The van der Waals surface area contributed by atoms with Crippen molar-refractivity contribution in [2.75, 3.05) is 38.3 Å². The number of anilines is 1. The lowest BCUT2D eigenvalue weighted by molar-refractivity contribution is 0.0787. The Balaban J connectivity index is 1.50. The number of carbonyl (C=O) groups excluding carboxylic acids is 1. The first kappa shape index (κ1) is 17.9. The normalized spacial score (nSPS) is 14.7. The summed E-state index contributed by atoms with van der Waals surface area (Å²) in [5, 5.41) is 1.67. The first-order valence-electron chi connectivity index (χ1n) is 8.84. The summed E-state index contributed by atoms with van der Waals surface area (Å²) in [7, 11) is 1.77. The van der Waals surface area contributed by atoms with Gasteiger partial charge in [0.25, 0.3) is 5.91 Å². The monoisotopic (exact) mass is 388 g/mol. The number of ether oxygens (including phenoxy) is 1. The van der Waals surface area contributed by atoms with Crippen LogP contribution in [0.25, 0.3) is 10.9 Å². The molecule has 3 heterocycles. The Morgan fingerprint density at radius 2 is 2.15 bits per heavy atom. The summed E-state index contributed by atoms with van der Waals surface area (Å²) >= 11 is 1.43. The van der Waals surface area contributed by atoms with E-state index in [9.17, 15) is 9.18 Å². The molecule has 1 aliphatic rings. The zero-order chi connectivity index (χ0) is 19.0. The number of halogens is 1. The molecule has 0 spiro atoms. The number of amides is 1. The van der Waals surface area contributed by atoms with Crippen molar-refractivity contribution >= 4 is 33.3 Å². The number of aromatic amines is 1. The van der Waals surface area contributed by atoms with E-state index in [2.05, 4.69) is 14.9 Å². The van der Waals surface area contributed by atoms with E-state index in [4.69, 9.17) is 4.74 Å². The summed E-state index contributed by atoms with van der Waals surface area (Å²) < 4.78 is 18.7. The number of hydrogen-bond donors (Lipinski definition) is 1. The van der Waals surface area contributed by atoms with Crippen LogP contribution in [0.3, 0.4) is 0 Å². The standard InChI is InChI=1S/C19H21FN4O2S/c1-12-17(27-19(21-12)24-5-7-26-8-6-24)18(25)23(2)11-15-10-13-9-14(20)3-4-16(13)22-15/h3-4,9-10,22H,5-8,11H2,1-2H3. The van der Waals surface area contributed by atoms with Gasteiger partial charge in [-0.05, 0) is 31.2 Å². The van der Waals surface area contributed by atoms with E-state index < -0.39 is 0 Å². The highest BCUT2D eigenvalue weighted by Crippen LogP contribution is 2.28. The molecule has 1 saturated heterocycles. The lowest BCUT2D eigenvalue weighted by Gasteiger charge is -2.26. The maximum absolute atomic E-state index is 13.4. The molecule has 0 atom stereocenters. The molecule has 8 heteroatoms. The smallest absolute Gasteiger partial charge is 0.266 e. The van der Waals surface area contributed by atoms with Gasteiger partial charge >= 0.3 is 0 Å². The number of nitrogens with one attached hydrogen (secondary N) is 1. The van der Waals surface area contributed by atoms with Crippen LogP contribution in [0.15, 0.2) is 24.3 Å². The third-order valence-corrected chi connectivity index (χ3v) is 5.86. The maximum Gasteiger partial charge on any atom is 0.266 e. The van der Waals surface area contributed by atoms with Gasteiger partial charge < -0.3 is 19.5 Å². The number of aromatic nitrogens is 2. The van der Waals surface area contributed by atoms with Crippen molar-refractivity contribution in [1.29, 1.82) is 0 Å². The van der Waals surface area contributed by atoms with Gasteiger partial charge in [-0.1, -0.05) is 11.3 Å². The molecule has 27 heavy (non-hydrogen) atoms. The minimum atomic E-state index is -0.270. The number of fused-ring (bicyclic) bond motifs is 1. The van der Waals surface area contributed by atoms with Crippen LogP contribution in [-0.4, -0.2) is 54.1 Å². The average molecular weight is 388 g/mol. The second-order valence-electron chi connectivity index (χ2n) is 6.70. The quantitative estimate of drug-likeness (QED) is 0.746. The Kier molecular flexibility index (Phi) is 4.84. The third kappa shape index (κ3) is 3.68. The average Bonchev–Trinajstić information content (AvgIpc) is 3.24. The number of rotatable bonds is 4. The van der Waals surface area contributed by atoms with Crippen LogP contribution in [0.4, 0.5) is 9.52 Å². The molecule has 0 aliphatic carbocycles. The van der Waals surface area contributed by atoms with Crippen molar-refractivity contribution in [3.8, 4) is 0 Å². The van der Waals surface area contributed by atoms with E-state index in [1.165, 1.54) is 23.5 Å². The minimum Gasteiger partial charge on any atom is -0.378 e. The molecule has 1 N–H and O–H groups in total. The fourth-order valence-corrected chi connectivity index (χ4v) is 4.33. The first-order valence-corrected chi connectivity index (χ1v) is 9.65. The van der Waals surface area contributed by atoms with E-state index >= 15 is 0 Å². The zero-order valence-electron chi connectivity index (χ0n) is 15.3. The van der Waals surface area contributed by atoms with Gasteiger partial charge in [-0.2, -0.15) is 0 Å². The number of thiazole rings is 1. The van der Waals surface area contributed by atoms with Crippen LogP contribution in [0, 0.1) is 12.7 Å².